The van der Waals surface area contributed by atoms with E-state index in [1.165, 1.54) is 0 Å². The molecule has 2 aromatic heterocycles. The molecule has 0 fully saturated rings. The maximum atomic E-state index is 12.7. The number of nitrogens with zero attached hydrogens (tertiary/aromatic N) is 2. The standard InChI is InChI=1S/C25H26N4O4/c1-25(2,3)33-24(32)27-21-20(22(30)28-23(21)31)18-15-29(19-12-5-4-11-17(18)19)14-8-10-16-9-6-7-13-26-16/h4-7,9,11-13,15H,8,10,14H2,1-3H3,(H2,27,28,30,31,32). The Bertz CT molecular complexity index is 1250. The molecule has 0 bridgehead atoms. The molecule has 0 spiro atoms. The number of imide groups is 1. The van der Waals surface area contributed by atoms with Gasteiger partial charge in [0.25, 0.3) is 11.8 Å². The first-order valence-electron chi connectivity index (χ1n) is 10.8. The Balaban J connectivity index is 1.67. The highest BCUT2D eigenvalue weighted by molar-refractivity contribution is 6.37. The van der Waals surface area contributed by atoms with Crippen LogP contribution >= 0.6 is 0 Å². The number of nitrogens with one attached hydrogen (secondary N) is 2. The van der Waals surface area contributed by atoms with E-state index >= 15 is 0 Å². The Morgan fingerprint density at radius 1 is 1.09 bits per heavy atom. The first kappa shape index (κ1) is 22.3. The molecule has 1 aliphatic heterocycles. The summed E-state index contributed by atoms with van der Waals surface area (Å²) in [7, 11) is 0. The lowest BCUT2D eigenvalue weighted by atomic mass is 10.0. The number of ether oxygens (including phenoxy) is 1. The topological polar surface area (TPSA) is 102 Å². The zero-order valence-electron chi connectivity index (χ0n) is 18.8. The van der Waals surface area contributed by atoms with Crippen LogP contribution in [-0.2, 0) is 27.3 Å². The van der Waals surface area contributed by atoms with Crippen LogP contribution < -0.4 is 10.6 Å². The molecule has 8 nitrogen and oxygen atoms in total. The highest BCUT2D eigenvalue weighted by atomic mass is 16.6. The van der Waals surface area contributed by atoms with Crippen molar-refractivity contribution in [2.24, 2.45) is 0 Å². The number of carbonyl (C=O) groups excluding carboxylic acids is 3. The number of fused-ring (bicyclic) bond motifs is 1. The van der Waals surface area contributed by atoms with Crippen LogP contribution in [0.1, 0.15) is 38.4 Å². The average molecular weight is 447 g/mol. The minimum atomic E-state index is -0.793. The fourth-order valence-corrected chi connectivity index (χ4v) is 3.84. The molecule has 33 heavy (non-hydrogen) atoms. The normalized spacial score (nSPS) is 14.0. The summed E-state index contributed by atoms with van der Waals surface area (Å²) >= 11 is 0. The van der Waals surface area contributed by atoms with E-state index in [2.05, 4.69) is 20.2 Å². The lowest BCUT2D eigenvalue weighted by molar-refractivity contribution is -0.123. The van der Waals surface area contributed by atoms with E-state index in [0.29, 0.717) is 12.1 Å². The number of benzene rings is 1. The molecular formula is C25H26N4O4. The summed E-state index contributed by atoms with van der Waals surface area (Å²) in [6, 6.07) is 13.5. The first-order valence-corrected chi connectivity index (χ1v) is 10.8. The van der Waals surface area contributed by atoms with Crippen LogP contribution in [0, 0.1) is 0 Å². The zero-order chi connectivity index (χ0) is 23.6. The molecular weight excluding hydrogens is 420 g/mol. The molecule has 1 aromatic carbocycles. The number of hydrogen-bond acceptors (Lipinski definition) is 5. The Hall–Kier alpha value is -3.94. The number of amides is 3. The highest BCUT2D eigenvalue weighted by Crippen LogP contribution is 2.31. The molecule has 4 rings (SSSR count). The lowest BCUT2D eigenvalue weighted by Crippen LogP contribution is -2.35. The zero-order valence-corrected chi connectivity index (χ0v) is 18.8. The van der Waals surface area contributed by atoms with Crippen LogP contribution in [-0.4, -0.2) is 33.1 Å². The average Bonchev–Trinajstić information content (AvgIpc) is 3.24. The van der Waals surface area contributed by atoms with Gasteiger partial charge in [0.1, 0.15) is 11.3 Å². The van der Waals surface area contributed by atoms with Gasteiger partial charge >= 0.3 is 6.09 Å². The van der Waals surface area contributed by atoms with Gasteiger partial charge in [0.05, 0.1) is 5.57 Å². The predicted molar refractivity (Wildman–Crippen MR) is 124 cm³/mol. The molecule has 0 unspecified atom stereocenters. The van der Waals surface area contributed by atoms with E-state index < -0.39 is 23.5 Å². The molecule has 1 aliphatic rings. The van der Waals surface area contributed by atoms with Gasteiger partial charge in [-0.1, -0.05) is 24.3 Å². The van der Waals surface area contributed by atoms with Crippen LogP contribution in [0.3, 0.4) is 0 Å². The van der Waals surface area contributed by atoms with E-state index in [-0.39, 0.29) is 11.3 Å². The smallest absolute Gasteiger partial charge is 0.412 e. The number of aryl methyl sites for hydroxylation is 2. The monoisotopic (exact) mass is 446 g/mol. The van der Waals surface area contributed by atoms with Gasteiger partial charge in [-0.3, -0.25) is 25.2 Å². The van der Waals surface area contributed by atoms with Gasteiger partial charge < -0.3 is 9.30 Å². The lowest BCUT2D eigenvalue weighted by Gasteiger charge is -2.19. The van der Waals surface area contributed by atoms with Crippen molar-refractivity contribution in [1.29, 1.82) is 0 Å². The SMILES string of the molecule is CC(C)(C)OC(=O)NC1=C(c2cn(CCCc3ccccn3)c3ccccc23)C(=O)NC1=O. The van der Waals surface area contributed by atoms with Gasteiger partial charge in [-0.15, -0.1) is 0 Å². The number of aromatic nitrogens is 2. The fraction of sp³-hybridized carbons (Fsp3) is 0.280. The predicted octanol–water partition coefficient (Wildman–Crippen LogP) is 3.56. The quantitative estimate of drug-likeness (QED) is 0.564. The minimum Gasteiger partial charge on any atom is -0.444 e. The van der Waals surface area contributed by atoms with Crippen LogP contribution in [0.5, 0.6) is 0 Å². The summed E-state index contributed by atoms with van der Waals surface area (Å²) in [4.78, 5) is 41.9. The van der Waals surface area contributed by atoms with Crippen molar-refractivity contribution >= 4 is 34.4 Å². The van der Waals surface area contributed by atoms with Crippen LogP contribution in [0.4, 0.5) is 4.79 Å². The van der Waals surface area contributed by atoms with Crippen molar-refractivity contribution in [2.75, 3.05) is 0 Å². The molecule has 8 heteroatoms. The number of hydrogen-bond donors (Lipinski definition) is 2. The van der Waals surface area contributed by atoms with E-state index in [1.807, 2.05) is 48.7 Å². The molecule has 0 radical (unpaired) electrons. The molecule has 0 atom stereocenters. The van der Waals surface area contributed by atoms with Gasteiger partial charge in [-0.2, -0.15) is 0 Å². The van der Waals surface area contributed by atoms with Gasteiger partial charge in [-0.05, 0) is 51.8 Å². The summed E-state index contributed by atoms with van der Waals surface area (Å²) in [6.07, 6.45) is 4.50. The molecule has 2 N–H and O–H groups in total. The molecule has 3 heterocycles. The number of rotatable bonds is 6. The Labute approximate surface area is 191 Å². The third kappa shape index (κ3) is 4.95. The highest BCUT2D eigenvalue weighted by Gasteiger charge is 2.35. The Kier molecular flexibility index (Phi) is 6.00. The van der Waals surface area contributed by atoms with Crippen molar-refractivity contribution in [3.63, 3.8) is 0 Å². The minimum absolute atomic E-state index is 0.106. The van der Waals surface area contributed by atoms with E-state index in [4.69, 9.17) is 4.74 Å². The largest absolute Gasteiger partial charge is 0.444 e. The number of alkyl carbamates (subject to hydrolysis) is 1. The fourth-order valence-electron chi connectivity index (χ4n) is 3.84. The molecule has 170 valence electrons. The third-order valence-corrected chi connectivity index (χ3v) is 5.17. The Morgan fingerprint density at radius 2 is 1.85 bits per heavy atom. The molecule has 0 aliphatic carbocycles. The Morgan fingerprint density at radius 3 is 2.58 bits per heavy atom. The van der Waals surface area contributed by atoms with Gasteiger partial charge in [0.2, 0.25) is 0 Å². The summed E-state index contributed by atoms with van der Waals surface area (Å²) in [5, 5.41) is 5.57. The van der Waals surface area contributed by atoms with Gasteiger partial charge in [-0.25, -0.2) is 4.79 Å². The molecule has 0 saturated carbocycles. The van der Waals surface area contributed by atoms with Crippen LogP contribution in [0.15, 0.2) is 60.6 Å². The van der Waals surface area contributed by atoms with Crippen molar-refractivity contribution in [3.8, 4) is 0 Å². The molecule has 3 aromatic rings. The number of carbonyl (C=O) groups is 3. The number of para-hydroxylation sites is 1. The van der Waals surface area contributed by atoms with E-state index in [9.17, 15) is 14.4 Å². The summed E-state index contributed by atoms with van der Waals surface area (Å²) < 4.78 is 7.33. The van der Waals surface area contributed by atoms with Gasteiger partial charge in [0.15, 0.2) is 0 Å². The maximum Gasteiger partial charge on any atom is 0.412 e. The molecule has 3 amide bonds. The van der Waals surface area contributed by atoms with Crippen LogP contribution in [0.25, 0.3) is 16.5 Å². The van der Waals surface area contributed by atoms with Crippen molar-refractivity contribution in [2.45, 2.75) is 45.8 Å². The van der Waals surface area contributed by atoms with Crippen molar-refractivity contribution in [3.05, 3.63) is 71.8 Å². The van der Waals surface area contributed by atoms with Crippen molar-refractivity contribution < 1.29 is 19.1 Å². The second kappa shape index (κ2) is 8.90. The summed E-state index contributed by atoms with van der Waals surface area (Å²) in [6.45, 7) is 5.87. The van der Waals surface area contributed by atoms with E-state index in [1.54, 1.807) is 27.0 Å². The first-order chi connectivity index (χ1) is 15.7. The molecule has 0 saturated heterocycles. The summed E-state index contributed by atoms with van der Waals surface area (Å²) in [5.74, 6) is -1.21. The third-order valence-electron chi connectivity index (χ3n) is 5.17. The number of pyridine rings is 1. The maximum absolute atomic E-state index is 12.7. The van der Waals surface area contributed by atoms with Crippen LogP contribution in [0.2, 0.25) is 0 Å². The van der Waals surface area contributed by atoms with Gasteiger partial charge in [0, 0.05) is 41.1 Å². The second-order valence-electron chi connectivity index (χ2n) is 8.84. The summed E-state index contributed by atoms with van der Waals surface area (Å²) in [5.41, 5.74) is 1.81. The van der Waals surface area contributed by atoms with E-state index in [0.717, 1.165) is 29.4 Å². The second-order valence-corrected chi connectivity index (χ2v) is 8.84. The van der Waals surface area contributed by atoms with Crippen molar-refractivity contribution in [1.82, 2.24) is 20.2 Å².